The van der Waals surface area contributed by atoms with E-state index in [1.54, 1.807) is 6.29 Å². The Kier molecular flexibility index (Phi) is 27.6. The molecular weight excluding hydrogens is 469 g/mol. The van der Waals surface area contributed by atoms with Gasteiger partial charge in [0.25, 0.3) is 0 Å². The molecule has 0 fully saturated rings. The molecule has 0 aliphatic heterocycles. The second kappa shape index (κ2) is 25.1. The molecule has 1 unspecified atom stereocenters. The van der Waals surface area contributed by atoms with Gasteiger partial charge in [-0.2, -0.15) is 12.8 Å². The molecule has 2 aromatic carbocycles. The first-order chi connectivity index (χ1) is 15.8. The largest absolute Gasteiger partial charge is 1.00 e. The summed E-state index contributed by atoms with van der Waals surface area (Å²) in [6.45, 7) is 15.3. The van der Waals surface area contributed by atoms with E-state index < -0.39 is 0 Å². The summed E-state index contributed by atoms with van der Waals surface area (Å²) in [4.78, 5) is 13.6. The first-order valence-electron chi connectivity index (χ1n) is 10.9. The Morgan fingerprint density at radius 3 is 1.97 bits per heavy atom. The van der Waals surface area contributed by atoms with Crippen molar-refractivity contribution in [1.82, 2.24) is 4.98 Å². The molecule has 1 heterocycles. The third-order valence-corrected chi connectivity index (χ3v) is 4.14. The Balaban J connectivity index is -0.000000454. The van der Waals surface area contributed by atoms with E-state index in [0.29, 0.717) is 17.2 Å². The molecule has 1 aromatic heterocycles. The van der Waals surface area contributed by atoms with Crippen LogP contribution in [0.1, 0.15) is 61.8 Å². The van der Waals surface area contributed by atoms with Crippen molar-refractivity contribution in [2.75, 3.05) is 12.8 Å². The number of halogens is 1. The molecule has 4 nitrogen and oxygen atoms in total. The maximum absolute atomic E-state index is 9.94. The summed E-state index contributed by atoms with van der Waals surface area (Å²) in [5.41, 5.74) is 14.4. The number of nitrogens with zero attached hydrogens (tertiary/aromatic N) is 1. The zero-order valence-corrected chi connectivity index (χ0v) is 25.5. The molecule has 34 heavy (non-hydrogen) atoms. The van der Waals surface area contributed by atoms with E-state index >= 15 is 0 Å². The molecule has 0 saturated carbocycles. The standard InChI is InChI=1S/C15H15Cl.C6H5N2O.2C3H7.CH5N.K/c1-11-8-9-15(16)14(10-11)12(2)13-6-4-3-5-7-13;7-6-1-5(4-9)2-8-3-6;2*1-3-2;1-2;/h3-10,12H,1-2H3;1-3H,7H2;2*1,3H2,2H3;2H2,1H3;/q;3*-1;;+1. The number of aryl methyl sites for hydroxylation is 1. The quantitative estimate of drug-likeness (QED) is 0.415. The molecule has 1 atom stereocenters. The summed E-state index contributed by atoms with van der Waals surface area (Å²) in [6.07, 6.45) is 6.55. The molecule has 0 aliphatic carbocycles. The predicted octanol–water partition coefficient (Wildman–Crippen LogP) is 3.96. The Hall–Kier alpha value is -1.05. The number of hydrogen-bond acceptors (Lipinski definition) is 4. The fourth-order valence-corrected chi connectivity index (χ4v) is 2.71. The number of aromatic nitrogens is 1. The van der Waals surface area contributed by atoms with Crippen molar-refractivity contribution in [3.05, 3.63) is 108 Å². The van der Waals surface area contributed by atoms with Crippen LogP contribution in [0.25, 0.3) is 0 Å². The molecule has 3 aromatic rings. The number of rotatable bonds is 3. The van der Waals surface area contributed by atoms with Gasteiger partial charge in [-0.15, -0.1) is 11.6 Å². The fourth-order valence-electron chi connectivity index (χ4n) is 2.43. The van der Waals surface area contributed by atoms with Crippen LogP contribution in [0.2, 0.25) is 5.02 Å². The van der Waals surface area contributed by atoms with Crippen LogP contribution in [-0.2, 0) is 4.79 Å². The second-order valence-electron chi connectivity index (χ2n) is 6.77. The summed E-state index contributed by atoms with van der Waals surface area (Å²) in [7, 11) is 1.50. The van der Waals surface area contributed by atoms with Crippen molar-refractivity contribution >= 4 is 23.6 Å². The van der Waals surface area contributed by atoms with Crippen molar-refractivity contribution in [3.8, 4) is 0 Å². The molecule has 3 rings (SSSR count). The van der Waals surface area contributed by atoms with Gasteiger partial charge in [-0.25, -0.2) is 0 Å². The summed E-state index contributed by atoms with van der Waals surface area (Å²) in [5.74, 6) is 0.341. The Bertz CT molecular complexity index is 875. The van der Waals surface area contributed by atoms with Gasteiger partial charge in [-0.1, -0.05) is 86.6 Å². The zero-order valence-electron chi connectivity index (χ0n) is 21.6. The minimum atomic E-state index is 0. The van der Waals surface area contributed by atoms with Gasteiger partial charge in [0.15, 0.2) is 0 Å². The van der Waals surface area contributed by atoms with E-state index in [1.807, 2.05) is 32.0 Å². The van der Waals surface area contributed by atoms with Gasteiger partial charge in [-0.05, 0) is 36.9 Å². The van der Waals surface area contributed by atoms with Crippen LogP contribution in [0, 0.1) is 20.8 Å². The van der Waals surface area contributed by atoms with E-state index in [9.17, 15) is 4.79 Å². The fraction of sp³-hybridized carbons (Fsp3) is 0.286. The SMILES string of the molecule is CN.Cc1ccc(Cl)c(C(C)c2ccccc2)c1.Nc1cncc([C-]=O)c1.[CH2-]CC.[CH2-]CC.[K+]. The minimum absolute atomic E-state index is 0. The molecule has 0 bridgehead atoms. The van der Waals surface area contributed by atoms with Crippen LogP contribution in [0.3, 0.4) is 0 Å². The molecule has 0 saturated heterocycles. The Morgan fingerprint density at radius 1 is 1.00 bits per heavy atom. The van der Waals surface area contributed by atoms with Crippen molar-refractivity contribution < 1.29 is 56.2 Å². The molecule has 0 aliphatic rings. The monoisotopic (exact) mass is 507 g/mol. The summed E-state index contributed by atoms with van der Waals surface area (Å²) >= 11 is 6.24. The van der Waals surface area contributed by atoms with E-state index in [-0.39, 0.29) is 51.4 Å². The van der Waals surface area contributed by atoms with Gasteiger partial charge in [-0.3, -0.25) is 0 Å². The van der Waals surface area contributed by atoms with Gasteiger partial charge in [0, 0.05) is 17.1 Å². The number of nitrogens with two attached hydrogens (primary N) is 2. The smallest absolute Gasteiger partial charge is 0.407 e. The Labute approximate surface area is 255 Å². The molecule has 0 amide bonds. The van der Waals surface area contributed by atoms with E-state index in [2.05, 4.69) is 68.7 Å². The molecular formula is C28H39ClKN3O-2. The van der Waals surface area contributed by atoms with Crippen LogP contribution in [0.4, 0.5) is 5.69 Å². The average molecular weight is 508 g/mol. The van der Waals surface area contributed by atoms with Crippen LogP contribution in [-0.4, -0.2) is 18.3 Å². The van der Waals surface area contributed by atoms with Crippen molar-refractivity contribution in [1.29, 1.82) is 0 Å². The topological polar surface area (TPSA) is 82.0 Å². The van der Waals surface area contributed by atoms with Crippen molar-refractivity contribution in [3.63, 3.8) is 0 Å². The maximum Gasteiger partial charge on any atom is 1.00 e. The number of carbonyl (C=O) groups excluding carboxylic acids is 1. The summed E-state index contributed by atoms with van der Waals surface area (Å²) in [5, 5.41) is 0.849. The van der Waals surface area contributed by atoms with Crippen LogP contribution in [0.15, 0.2) is 67.0 Å². The van der Waals surface area contributed by atoms with E-state index in [1.165, 1.54) is 42.2 Å². The Morgan fingerprint density at radius 2 is 1.53 bits per heavy atom. The van der Waals surface area contributed by atoms with Gasteiger partial charge in [0.05, 0.1) is 6.29 Å². The molecule has 4 N–H and O–H groups in total. The number of benzene rings is 2. The second-order valence-corrected chi connectivity index (χ2v) is 7.17. The number of pyridine rings is 1. The third-order valence-electron chi connectivity index (χ3n) is 3.79. The maximum atomic E-state index is 9.94. The predicted molar refractivity (Wildman–Crippen MR) is 145 cm³/mol. The minimum Gasteiger partial charge on any atom is -0.407 e. The third kappa shape index (κ3) is 17.4. The van der Waals surface area contributed by atoms with Crippen molar-refractivity contribution in [2.24, 2.45) is 5.73 Å². The zero-order chi connectivity index (χ0) is 25.6. The van der Waals surface area contributed by atoms with E-state index in [4.69, 9.17) is 17.3 Å². The molecule has 6 heteroatoms. The molecule has 0 spiro atoms. The van der Waals surface area contributed by atoms with Crippen molar-refractivity contribution in [2.45, 2.75) is 46.5 Å². The number of anilines is 1. The van der Waals surface area contributed by atoms with Crippen LogP contribution in [0.5, 0.6) is 0 Å². The number of nitrogen functional groups attached to an aromatic ring is 1. The number of hydrogen-bond donors (Lipinski definition) is 2. The molecule has 0 radical (unpaired) electrons. The van der Waals surface area contributed by atoms with E-state index in [0.717, 1.165) is 17.9 Å². The normalized spacial score (nSPS) is 9.44. The first kappa shape index (κ1) is 37.5. The van der Waals surface area contributed by atoms with Gasteiger partial charge in [0.1, 0.15) is 0 Å². The molecule has 182 valence electrons. The van der Waals surface area contributed by atoms with Gasteiger partial charge >= 0.3 is 51.4 Å². The van der Waals surface area contributed by atoms with Gasteiger partial charge in [0.2, 0.25) is 0 Å². The van der Waals surface area contributed by atoms with Crippen LogP contribution >= 0.6 is 11.6 Å². The van der Waals surface area contributed by atoms with Crippen LogP contribution < -0.4 is 62.9 Å². The summed E-state index contributed by atoms with van der Waals surface area (Å²) in [6, 6.07) is 18.2. The average Bonchev–Trinajstić information content (AvgIpc) is 2.83. The summed E-state index contributed by atoms with van der Waals surface area (Å²) < 4.78 is 0. The van der Waals surface area contributed by atoms with Gasteiger partial charge < -0.3 is 35.1 Å². The first-order valence-corrected chi connectivity index (χ1v) is 11.3.